The fraction of sp³-hybridized carbons (Fsp3) is 1.00. The molecule has 0 saturated heterocycles. The third kappa shape index (κ3) is 1.98. The smallest absolute Gasteiger partial charge is 0.0542 e. The van der Waals surface area contributed by atoms with Crippen molar-refractivity contribution in [3.05, 3.63) is 0 Å². The van der Waals surface area contributed by atoms with Gasteiger partial charge in [-0.1, -0.05) is 26.2 Å². The maximum absolute atomic E-state index is 9.21. The summed E-state index contributed by atoms with van der Waals surface area (Å²) in [5, 5.41) is 9.21. The van der Waals surface area contributed by atoms with Crippen LogP contribution in [-0.4, -0.2) is 11.2 Å². The summed E-state index contributed by atoms with van der Waals surface area (Å²) in [4.78, 5) is 0. The van der Waals surface area contributed by atoms with E-state index in [9.17, 15) is 5.11 Å². The normalized spacial score (nSPS) is 36.7. The fourth-order valence-corrected chi connectivity index (χ4v) is 1.63. The van der Waals surface area contributed by atoms with Crippen LogP contribution in [0.4, 0.5) is 0 Å². The van der Waals surface area contributed by atoms with Gasteiger partial charge < -0.3 is 5.11 Å². The first-order chi connectivity index (χ1) is 4.33. The Morgan fingerprint density at radius 1 is 1.44 bits per heavy atom. The fourth-order valence-electron chi connectivity index (χ4n) is 1.63. The van der Waals surface area contributed by atoms with Crippen LogP contribution in [0.1, 0.15) is 39.0 Å². The number of hydrogen-bond acceptors (Lipinski definition) is 1. The maximum atomic E-state index is 9.21. The first kappa shape index (κ1) is 7.07. The van der Waals surface area contributed by atoms with E-state index in [1.54, 1.807) is 0 Å². The van der Waals surface area contributed by atoms with Gasteiger partial charge in [0.05, 0.1) is 6.10 Å². The van der Waals surface area contributed by atoms with Crippen LogP contribution < -0.4 is 0 Å². The highest BCUT2D eigenvalue weighted by Crippen LogP contribution is 2.25. The predicted octanol–water partition coefficient (Wildman–Crippen LogP) is 1.95. The summed E-state index contributed by atoms with van der Waals surface area (Å²) in [6.45, 7) is 2.21. The molecule has 0 unspecified atom stereocenters. The van der Waals surface area contributed by atoms with Crippen LogP contribution in [0.15, 0.2) is 0 Å². The van der Waals surface area contributed by atoms with E-state index < -0.39 is 0 Å². The van der Waals surface area contributed by atoms with Crippen molar-refractivity contribution in [2.45, 2.75) is 45.1 Å². The Balaban J connectivity index is 2.23. The van der Waals surface area contributed by atoms with Gasteiger partial charge in [-0.25, -0.2) is 0 Å². The standard InChI is InChI=1S/C8H16O/c1-2-7-4-3-5-8(9)6-7/h7-9H,2-6H2,1H3/t7-,8-/m1/s1. The number of aliphatic hydroxyl groups excluding tert-OH is 1. The summed E-state index contributed by atoms with van der Waals surface area (Å²) >= 11 is 0. The summed E-state index contributed by atoms with van der Waals surface area (Å²) in [6.07, 6.45) is 5.93. The van der Waals surface area contributed by atoms with E-state index >= 15 is 0 Å². The Morgan fingerprint density at radius 3 is 2.67 bits per heavy atom. The van der Waals surface area contributed by atoms with Gasteiger partial charge in [0, 0.05) is 0 Å². The Morgan fingerprint density at radius 2 is 2.22 bits per heavy atom. The molecule has 0 aromatic heterocycles. The van der Waals surface area contributed by atoms with Crippen LogP contribution >= 0.6 is 0 Å². The molecular weight excluding hydrogens is 112 g/mol. The third-order valence-electron chi connectivity index (χ3n) is 2.33. The SMILES string of the molecule is CC[C@@H]1CCC[C@@H](O)C1. The van der Waals surface area contributed by atoms with Gasteiger partial charge in [0.25, 0.3) is 0 Å². The Kier molecular flexibility index (Phi) is 2.52. The van der Waals surface area contributed by atoms with Crippen LogP contribution in [0, 0.1) is 5.92 Å². The minimum absolute atomic E-state index is 0.0173. The maximum Gasteiger partial charge on any atom is 0.0542 e. The lowest BCUT2D eigenvalue weighted by atomic mass is 9.86. The van der Waals surface area contributed by atoms with E-state index in [0.29, 0.717) is 0 Å². The molecule has 0 aliphatic heterocycles. The number of aliphatic hydroxyl groups is 1. The molecule has 0 radical (unpaired) electrons. The zero-order valence-electron chi connectivity index (χ0n) is 6.14. The van der Waals surface area contributed by atoms with Crippen molar-refractivity contribution in [3.63, 3.8) is 0 Å². The highest BCUT2D eigenvalue weighted by atomic mass is 16.3. The third-order valence-corrected chi connectivity index (χ3v) is 2.33. The van der Waals surface area contributed by atoms with Gasteiger partial charge in [-0.15, -0.1) is 0 Å². The summed E-state index contributed by atoms with van der Waals surface area (Å²) in [7, 11) is 0. The van der Waals surface area contributed by atoms with Crippen LogP contribution in [0.5, 0.6) is 0 Å². The average molecular weight is 128 g/mol. The molecular formula is C8H16O. The molecule has 2 atom stereocenters. The largest absolute Gasteiger partial charge is 0.393 e. The van der Waals surface area contributed by atoms with Gasteiger partial charge in [0.15, 0.2) is 0 Å². The molecule has 0 aromatic carbocycles. The van der Waals surface area contributed by atoms with Crippen molar-refractivity contribution in [1.82, 2.24) is 0 Å². The van der Waals surface area contributed by atoms with Gasteiger partial charge in [-0.3, -0.25) is 0 Å². The van der Waals surface area contributed by atoms with Crippen molar-refractivity contribution >= 4 is 0 Å². The molecule has 0 amide bonds. The van der Waals surface area contributed by atoms with Crippen LogP contribution in [0.2, 0.25) is 0 Å². The summed E-state index contributed by atoms with van der Waals surface area (Å²) in [5.74, 6) is 0.814. The monoisotopic (exact) mass is 128 g/mol. The van der Waals surface area contributed by atoms with E-state index in [1.807, 2.05) is 0 Å². The molecule has 1 rings (SSSR count). The van der Waals surface area contributed by atoms with Crippen LogP contribution in [0.3, 0.4) is 0 Å². The van der Waals surface area contributed by atoms with Crippen molar-refractivity contribution in [2.24, 2.45) is 5.92 Å². The molecule has 1 nitrogen and oxygen atoms in total. The molecule has 54 valence electrons. The quantitative estimate of drug-likeness (QED) is 0.572. The predicted molar refractivity (Wildman–Crippen MR) is 38.3 cm³/mol. The van der Waals surface area contributed by atoms with Crippen molar-refractivity contribution in [1.29, 1.82) is 0 Å². The molecule has 0 heterocycles. The highest BCUT2D eigenvalue weighted by molar-refractivity contribution is 4.70. The minimum atomic E-state index is 0.0173. The highest BCUT2D eigenvalue weighted by Gasteiger charge is 2.17. The molecule has 0 bridgehead atoms. The second kappa shape index (κ2) is 3.21. The van der Waals surface area contributed by atoms with Crippen molar-refractivity contribution < 1.29 is 5.11 Å². The lowest BCUT2D eigenvalue weighted by molar-refractivity contribution is 0.0998. The van der Waals surface area contributed by atoms with E-state index in [2.05, 4.69) is 6.92 Å². The Hall–Kier alpha value is -0.0400. The van der Waals surface area contributed by atoms with E-state index in [1.165, 1.54) is 19.3 Å². The molecule has 1 saturated carbocycles. The first-order valence-corrected chi connectivity index (χ1v) is 4.01. The molecule has 9 heavy (non-hydrogen) atoms. The lowest BCUT2D eigenvalue weighted by Crippen LogP contribution is -2.18. The Labute approximate surface area is 57.1 Å². The zero-order chi connectivity index (χ0) is 6.69. The van der Waals surface area contributed by atoms with Gasteiger partial charge in [-0.05, 0) is 18.8 Å². The molecule has 1 heteroatoms. The van der Waals surface area contributed by atoms with Gasteiger partial charge in [-0.2, -0.15) is 0 Å². The Bertz CT molecular complexity index is 80.6. The molecule has 0 aromatic rings. The zero-order valence-corrected chi connectivity index (χ0v) is 6.14. The molecule has 0 spiro atoms. The molecule has 1 N–H and O–H groups in total. The van der Waals surface area contributed by atoms with Gasteiger partial charge in [0.1, 0.15) is 0 Å². The van der Waals surface area contributed by atoms with Crippen molar-refractivity contribution in [3.8, 4) is 0 Å². The lowest BCUT2D eigenvalue weighted by Gasteiger charge is -2.24. The van der Waals surface area contributed by atoms with Crippen molar-refractivity contribution in [2.75, 3.05) is 0 Å². The topological polar surface area (TPSA) is 20.2 Å². The van der Waals surface area contributed by atoms with E-state index in [4.69, 9.17) is 0 Å². The number of rotatable bonds is 1. The van der Waals surface area contributed by atoms with Crippen LogP contribution in [0.25, 0.3) is 0 Å². The summed E-state index contributed by atoms with van der Waals surface area (Å²) in [5.41, 5.74) is 0. The molecule has 1 aliphatic carbocycles. The van der Waals surface area contributed by atoms with E-state index in [0.717, 1.165) is 18.8 Å². The average Bonchev–Trinajstić information content (AvgIpc) is 1.88. The second-order valence-electron chi connectivity index (χ2n) is 3.09. The summed E-state index contributed by atoms with van der Waals surface area (Å²) < 4.78 is 0. The van der Waals surface area contributed by atoms with Gasteiger partial charge >= 0.3 is 0 Å². The molecule has 1 fully saturated rings. The number of hydrogen-bond donors (Lipinski definition) is 1. The van der Waals surface area contributed by atoms with Gasteiger partial charge in [0.2, 0.25) is 0 Å². The molecule has 1 aliphatic rings. The van der Waals surface area contributed by atoms with Crippen LogP contribution in [-0.2, 0) is 0 Å². The first-order valence-electron chi connectivity index (χ1n) is 4.01. The van der Waals surface area contributed by atoms with E-state index in [-0.39, 0.29) is 6.10 Å². The second-order valence-corrected chi connectivity index (χ2v) is 3.09. The summed E-state index contributed by atoms with van der Waals surface area (Å²) in [6, 6.07) is 0. The minimum Gasteiger partial charge on any atom is -0.393 e.